The summed E-state index contributed by atoms with van der Waals surface area (Å²) in [4.78, 5) is 4.71. The third-order valence-electron chi connectivity index (χ3n) is 2.67. The molecule has 0 radical (unpaired) electrons. The minimum atomic E-state index is -0.0434. The molecule has 2 rings (SSSR count). The van der Waals surface area contributed by atoms with Crippen LogP contribution >= 0.6 is 15.9 Å². The van der Waals surface area contributed by atoms with Crippen LogP contribution in [0.3, 0.4) is 0 Å². The molecule has 0 bridgehead atoms. The maximum Gasteiger partial charge on any atom is 0.0718 e. The van der Waals surface area contributed by atoms with Crippen molar-refractivity contribution in [3.8, 4) is 0 Å². The Morgan fingerprint density at radius 3 is 2.59 bits per heavy atom. The van der Waals surface area contributed by atoms with E-state index in [4.69, 9.17) is 10.8 Å². The standard InChI is InChI=1S/C13H16BrN3/c1-13(2,3)12-11(17-15)7-8-9(14)5-4-6-10(8)16-12/h4-7,17H,15H2,1-3H3. The van der Waals surface area contributed by atoms with Crippen molar-refractivity contribution in [1.82, 2.24) is 4.98 Å². The van der Waals surface area contributed by atoms with E-state index >= 15 is 0 Å². The summed E-state index contributed by atoms with van der Waals surface area (Å²) in [6.07, 6.45) is 0. The Balaban J connectivity index is 2.78. The minimum Gasteiger partial charge on any atom is -0.322 e. The Morgan fingerprint density at radius 1 is 1.29 bits per heavy atom. The van der Waals surface area contributed by atoms with Crippen molar-refractivity contribution < 1.29 is 0 Å². The zero-order chi connectivity index (χ0) is 12.6. The average molecular weight is 294 g/mol. The summed E-state index contributed by atoms with van der Waals surface area (Å²) in [5, 5.41) is 1.06. The van der Waals surface area contributed by atoms with E-state index < -0.39 is 0 Å². The number of anilines is 1. The van der Waals surface area contributed by atoms with Crippen LogP contribution in [0.25, 0.3) is 10.9 Å². The molecule has 17 heavy (non-hydrogen) atoms. The van der Waals surface area contributed by atoms with Gasteiger partial charge in [-0.3, -0.25) is 10.8 Å². The van der Waals surface area contributed by atoms with E-state index in [2.05, 4.69) is 42.1 Å². The maximum absolute atomic E-state index is 5.58. The largest absolute Gasteiger partial charge is 0.322 e. The molecular formula is C13H16BrN3. The molecule has 1 aromatic heterocycles. The smallest absolute Gasteiger partial charge is 0.0718 e. The van der Waals surface area contributed by atoms with E-state index in [-0.39, 0.29) is 5.41 Å². The highest BCUT2D eigenvalue weighted by Gasteiger charge is 2.20. The number of hydrogen-bond acceptors (Lipinski definition) is 3. The summed E-state index contributed by atoms with van der Waals surface area (Å²) in [7, 11) is 0. The molecule has 4 heteroatoms. The molecular weight excluding hydrogens is 278 g/mol. The lowest BCUT2D eigenvalue weighted by atomic mass is 9.90. The molecule has 0 saturated heterocycles. The van der Waals surface area contributed by atoms with Gasteiger partial charge in [0.05, 0.1) is 16.9 Å². The Labute approximate surface area is 110 Å². The van der Waals surface area contributed by atoms with Gasteiger partial charge < -0.3 is 5.43 Å². The van der Waals surface area contributed by atoms with Crippen LogP contribution in [-0.4, -0.2) is 4.98 Å². The molecule has 0 aliphatic rings. The second kappa shape index (κ2) is 4.27. The summed E-state index contributed by atoms with van der Waals surface area (Å²) in [6.45, 7) is 6.37. The molecule has 0 amide bonds. The zero-order valence-electron chi connectivity index (χ0n) is 10.2. The van der Waals surface area contributed by atoms with Crippen molar-refractivity contribution in [2.24, 2.45) is 5.84 Å². The van der Waals surface area contributed by atoms with E-state index in [9.17, 15) is 0 Å². The number of hydrazine groups is 1. The molecule has 90 valence electrons. The molecule has 2 aromatic rings. The molecule has 0 atom stereocenters. The summed E-state index contributed by atoms with van der Waals surface area (Å²) < 4.78 is 1.03. The number of nitrogens with zero attached hydrogens (tertiary/aromatic N) is 1. The molecule has 0 unspecified atom stereocenters. The van der Waals surface area contributed by atoms with E-state index in [0.717, 1.165) is 26.8 Å². The van der Waals surface area contributed by atoms with Crippen LogP contribution in [0, 0.1) is 0 Å². The first-order valence-electron chi connectivity index (χ1n) is 5.50. The van der Waals surface area contributed by atoms with Crippen LogP contribution in [0.15, 0.2) is 28.7 Å². The summed E-state index contributed by atoms with van der Waals surface area (Å²) in [6, 6.07) is 8.03. The van der Waals surface area contributed by atoms with Crippen LogP contribution in [0.2, 0.25) is 0 Å². The lowest BCUT2D eigenvalue weighted by Gasteiger charge is -2.22. The van der Waals surface area contributed by atoms with Gasteiger partial charge in [0.1, 0.15) is 0 Å². The second-order valence-electron chi connectivity index (χ2n) is 5.09. The number of fused-ring (bicyclic) bond motifs is 1. The van der Waals surface area contributed by atoms with Gasteiger partial charge in [0.25, 0.3) is 0 Å². The number of halogens is 1. The Kier molecular flexibility index (Phi) is 3.10. The SMILES string of the molecule is CC(C)(C)c1nc2cccc(Br)c2cc1NN. The first-order valence-corrected chi connectivity index (χ1v) is 6.29. The maximum atomic E-state index is 5.58. The molecule has 0 aliphatic heterocycles. The Bertz CT molecular complexity index is 558. The quantitative estimate of drug-likeness (QED) is 0.624. The lowest BCUT2D eigenvalue weighted by molar-refractivity contribution is 0.573. The van der Waals surface area contributed by atoms with E-state index in [1.54, 1.807) is 0 Å². The van der Waals surface area contributed by atoms with Crippen molar-refractivity contribution in [3.63, 3.8) is 0 Å². The number of aromatic nitrogens is 1. The molecule has 1 heterocycles. The van der Waals surface area contributed by atoms with E-state index in [0.29, 0.717) is 0 Å². The number of rotatable bonds is 1. The van der Waals surface area contributed by atoms with Gasteiger partial charge in [0.15, 0.2) is 0 Å². The van der Waals surface area contributed by atoms with Crippen LogP contribution < -0.4 is 11.3 Å². The number of nitrogens with two attached hydrogens (primary N) is 1. The minimum absolute atomic E-state index is 0.0434. The van der Waals surface area contributed by atoms with Crippen LogP contribution in [0.4, 0.5) is 5.69 Å². The Morgan fingerprint density at radius 2 is 2.00 bits per heavy atom. The number of nitrogen functional groups attached to an aromatic ring is 1. The first kappa shape index (κ1) is 12.3. The monoisotopic (exact) mass is 293 g/mol. The molecule has 1 aromatic carbocycles. The second-order valence-corrected chi connectivity index (χ2v) is 5.94. The highest BCUT2D eigenvalue weighted by Crippen LogP contribution is 2.32. The van der Waals surface area contributed by atoms with E-state index in [1.165, 1.54) is 0 Å². The number of pyridine rings is 1. The molecule has 3 N–H and O–H groups in total. The fourth-order valence-electron chi connectivity index (χ4n) is 1.84. The van der Waals surface area contributed by atoms with Gasteiger partial charge in [-0.2, -0.15) is 0 Å². The van der Waals surface area contributed by atoms with Crippen LogP contribution in [0.5, 0.6) is 0 Å². The predicted molar refractivity (Wildman–Crippen MR) is 76.0 cm³/mol. The average Bonchev–Trinajstić information content (AvgIpc) is 2.27. The van der Waals surface area contributed by atoms with Crippen molar-refractivity contribution >= 4 is 32.5 Å². The highest BCUT2D eigenvalue weighted by molar-refractivity contribution is 9.10. The molecule has 0 fully saturated rings. The van der Waals surface area contributed by atoms with Crippen molar-refractivity contribution in [2.75, 3.05) is 5.43 Å². The van der Waals surface area contributed by atoms with Gasteiger partial charge in [0, 0.05) is 15.3 Å². The van der Waals surface area contributed by atoms with Crippen molar-refractivity contribution in [2.45, 2.75) is 26.2 Å². The van der Waals surface area contributed by atoms with Gasteiger partial charge in [-0.05, 0) is 18.2 Å². The fourth-order valence-corrected chi connectivity index (χ4v) is 2.31. The summed E-state index contributed by atoms with van der Waals surface area (Å²) in [5.41, 5.74) is 5.52. The summed E-state index contributed by atoms with van der Waals surface area (Å²) >= 11 is 3.53. The fraction of sp³-hybridized carbons (Fsp3) is 0.308. The third-order valence-corrected chi connectivity index (χ3v) is 3.36. The van der Waals surface area contributed by atoms with Gasteiger partial charge in [-0.15, -0.1) is 0 Å². The number of nitrogens with one attached hydrogen (secondary N) is 1. The first-order chi connectivity index (χ1) is 7.93. The highest BCUT2D eigenvalue weighted by atomic mass is 79.9. The number of hydrogen-bond donors (Lipinski definition) is 2. The van der Waals surface area contributed by atoms with Gasteiger partial charge in [0.2, 0.25) is 0 Å². The molecule has 3 nitrogen and oxygen atoms in total. The Hall–Kier alpha value is -1.13. The molecule has 0 spiro atoms. The van der Waals surface area contributed by atoms with Gasteiger partial charge >= 0.3 is 0 Å². The van der Waals surface area contributed by atoms with Crippen molar-refractivity contribution in [1.29, 1.82) is 0 Å². The number of benzene rings is 1. The topological polar surface area (TPSA) is 50.9 Å². The zero-order valence-corrected chi connectivity index (χ0v) is 11.8. The van der Waals surface area contributed by atoms with Gasteiger partial charge in [-0.25, -0.2) is 0 Å². The summed E-state index contributed by atoms with van der Waals surface area (Å²) in [5.74, 6) is 5.58. The normalized spacial score (nSPS) is 11.8. The molecule has 0 aliphatic carbocycles. The van der Waals surface area contributed by atoms with Gasteiger partial charge in [-0.1, -0.05) is 42.8 Å². The van der Waals surface area contributed by atoms with Crippen LogP contribution in [0.1, 0.15) is 26.5 Å². The van der Waals surface area contributed by atoms with Crippen LogP contribution in [-0.2, 0) is 5.41 Å². The van der Waals surface area contributed by atoms with Crippen molar-refractivity contribution in [3.05, 3.63) is 34.4 Å². The third kappa shape index (κ3) is 2.28. The predicted octanol–water partition coefficient (Wildman–Crippen LogP) is 3.58. The van der Waals surface area contributed by atoms with E-state index in [1.807, 2.05) is 24.3 Å². The lowest BCUT2D eigenvalue weighted by Crippen LogP contribution is -2.19. The molecule has 0 saturated carbocycles.